The van der Waals surface area contributed by atoms with E-state index in [1.54, 1.807) is 0 Å². The van der Waals surface area contributed by atoms with Crippen LogP contribution in [0.25, 0.3) is 0 Å². The Labute approximate surface area is 147 Å². The first-order valence-electron chi connectivity index (χ1n) is 8.82. The van der Waals surface area contributed by atoms with Crippen molar-refractivity contribution in [2.45, 2.75) is 51.4 Å². The second-order valence-electron chi connectivity index (χ2n) is 6.97. The minimum Gasteiger partial charge on any atom is -0.748 e. The highest BCUT2D eigenvalue weighted by molar-refractivity contribution is 7.85. The maximum Gasteiger partial charge on any atom is 0.243 e. The summed E-state index contributed by atoms with van der Waals surface area (Å²) in [6.07, 6.45) is 9.14. The third kappa shape index (κ3) is 16.0. The van der Waals surface area contributed by atoms with Gasteiger partial charge in [-0.15, -0.1) is 0 Å². The van der Waals surface area contributed by atoms with Crippen LogP contribution in [-0.2, 0) is 14.9 Å². The molecule has 0 aromatic heterocycles. The van der Waals surface area contributed by atoms with Gasteiger partial charge < -0.3 is 14.4 Å². The molecule has 0 saturated heterocycles. The van der Waals surface area contributed by atoms with Crippen LogP contribution in [0.4, 0.5) is 0 Å². The first kappa shape index (κ1) is 23.1. The van der Waals surface area contributed by atoms with Crippen molar-refractivity contribution >= 4 is 16.0 Å². The zero-order chi connectivity index (χ0) is 18.5. The van der Waals surface area contributed by atoms with E-state index in [0.29, 0.717) is 13.0 Å². The lowest BCUT2D eigenvalue weighted by Gasteiger charge is -2.30. The summed E-state index contributed by atoms with van der Waals surface area (Å²) >= 11 is 0. The highest BCUT2D eigenvalue weighted by atomic mass is 32.2. The summed E-state index contributed by atoms with van der Waals surface area (Å²) < 4.78 is 32.3. The van der Waals surface area contributed by atoms with Gasteiger partial charge in [0.2, 0.25) is 5.91 Å². The van der Waals surface area contributed by atoms with Gasteiger partial charge >= 0.3 is 0 Å². The zero-order valence-corrected chi connectivity index (χ0v) is 16.1. The summed E-state index contributed by atoms with van der Waals surface area (Å²) in [5.41, 5.74) is 0. The fourth-order valence-corrected chi connectivity index (χ4v) is 3.16. The Morgan fingerprint density at radius 2 is 1.50 bits per heavy atom. The summed E-state index contributed by atoms with van der Waals surface area (Å²) in [5.74, 6) is -0.348. The standard InChI is InChI=1S/C17H34N2O4S/c1-4-17(20)18-13-12-15-19(2,3)14-10-8-6-5-7-9-11-16-24(21,22)23/h4H,1,5-16H2,2-3H3,(H-,18,20,21,22,23). The van der Waals surface area contributed by atoms with Crippen molar-refractivity contribution in [3.05, 3.63) is 12.7 Å². The number of rotatable bonds is 15. The second-order valence-corrected chi connectivity index (χ2v) is 8.49. The Morgan fingerprint density at radius 3 is 2.04 bits per heavy atom. The van der Waals surface area contributed by atoms with Crippen LogP contribution < -0.4 is 5.32 Å². The number of nitrogens with one attached hydrogen (secondary N) is 1. The second kappa shape index (κ2) is 12.4. The molecule has 0 fully saturated rings. The van der Waals surface area contributed by atoms with E-state index in [0.717, 1.165) is 49.7 Å². The van der Waals surface area contributed by atoms with E-state index in [9.17, 15) is 17.8 Å². The van der Waals surface area contributed by atoms with Crippen molar-refractivity contribution < 1.29 is 22.2 Å². The van der Waals surface area contributed by atoms with Gasteiger partial charge in [0.1, 0.15) is 0 Å². The molecule has 0 atom stereocenters. The van der Waals surface area contributed by atoms with Crippen molar-refractivity contribution in [2.75, 3.05) is 39.5 Å². The number of hydrogen-bond donors (Lipinski definition) is 1. The molecule has 142 valence electrons. The summed E-state index contributed by atoms with van der Waals surface area (Å²) in [6, 6.07) is 0. The van der Waals surface area contributed by atoms with Gasteiger partial charge in [0.25, 0.3) is 0 Å². The Kier molecular flexibility index (Phi) is 12.0. The Morgan fingerprint density at radius 1 is 1.00 bits per heavy atom. The van der Waals surface area contributed by atoms with Gasteiger partial charge in [-0.25, -0.2) is 8.42 Å². The Hall–Kier alpha value is -0.920. The molecule has 0 aliphatic heterocycles. The number of nitrogens with zero attached hydrogens (tertiary/aromatic N) is 1. The van der Waals surface area contributed by atoms with Crippen molar-refractivity contribution in [3.8, 4) is 0 Å². The predicted molar refractivity (Wildman–Crippen MR) is 96.5 cm³/mol. The molecule has 0 spiro atoms. The summed E-state index contributed by atoms with van der Waals surface area (Å²) in [4.78, 5) is 11.0. The van der Waals surface area contributed by atoms with E-state index in [2.05, 4.69) is 26.0 Å². The molecule has 0 bridgehead atoms. The van der Waals surface area contributed by atoms with Gasteiger partial charge in [-0.05, 0) is 25.3 Å². The number of hydrogen-bond acceptors (Lipinski definition) is 4. The van der Waals surface area contributed by atoms with Crippen LogP contribution in [0.1, 0.15) is 51.4 Å². The highest BCUT2D eigenvalue weighted by Crippen LogP contribution is 2.10. The molecule has 0 aliphatic carbocycles. The molecule has 0 radical (unpaired) electrons. The number of quaternary nitrogens is 1. The number of amides is 1. The van der Waals surface area contributed by atoms with Crippen LogP contribution in [0.5, 0.6) is 0 Å². The summed E-state index contributed by atoms with van der Waals surface area (Å²) in [6.45, 7) is 6.25. The highest BCUT2D eigenvalue weighted by Gasteiger charge is 2.13. The Bertz CT molecular complexity index is 461. The number of carbonyl (C=O) groups is 1. The smallest absolute Gasteiger partial charge is 0.243 e. The van der Waals surface area contributed by atoms with Gasteiger partial charge in [0.15, 0.2) is 0 Å². The molecule has 1 amide bonds. The van der Waals surface area contributed by atoms with Crippen molar-refractivity contribution in [3.63, 3.8) is 0 Å². The molecule has 0 rings (SSSR count). The van der Waals surface area contributed by atoms with E-state index in [1.165, 1.54) is 18.9 Å². The maximum atomic E-state index is 11.0. The minimum absolute atomic E-state index is 0.117. The average molecular weight is 363 g/mol. The lowest BCUT2D eigenvalue weighted by molar-refractivity contribution is -0.890. The van der Waals surface area contributed by atoms with Crippen LogP contribution in [0.15, 0.2) is 12.7 Å². The molecule has 0 aliphatic rings. The third-order valence-corrected chi connectivity index (χ3v) is 4.87. The SMILES string of the molecule is C=CC(=O)NCCC[N+](C)(C)CCCCCCCCCS(=O)(=O)[O-]. The molecule has 6 nitrogen and oxygen atoms in total. The van der Waals surface area contributed by atoms with Crippen molar-refractivity contribution in [2.24, 2.45) is 0 Å². The molecule has 0 heterocycles. The molecule has 0 unspecified atom stereocenters. The van der Waals surface area contributed by atoms with E-state index in [-0.39, 0.29) is 11.7 Å². The fourth-order valence-electron chi connectivity index (χ4n) is 2.61. The normalized spacial score (nSPS) is 12.1. The minimum atomic E-state index is -4.04. The first-order valence-corrected chi connectivity index (χ1v) is 10.4. The summed E-state index contributed by atoms with van der Waals surface area (Å²) in [7, 11) is 0.376. The largest absolute Gasteiger partial charge is 0.748 e. The van der Waals surface area contributed by atoms with Crippen LogP contribution in [-0.4, -0.2) is 62.8 Å². The first-order chi connectivity index (χ1) is 11.2. The fraction of sp³-hybridized carbons (Fsp3) is 0.824. The zero-order valence-electron chi connectivity index (χ0n) is 15.3. The number of unbranched alkanes of at least 4 members (excludes halogenated alkanes) is 6. The van der Waals surface area contributed by atoms with E-state index in [4.69, 9.17) is 0 Å². The predicted octanol–water partition coefficient (Wildman–Crippen LogP) is 2.03. The molecule has 0 saturated carbocycles. The van der Waals surface area contributed by atoms with Crippen LogP contribution in [0.3, 0.4) is 0 Å². The topological polar surface area (TPSA) is 86.3 Å². The molecule has 7 heteroatoms. The lowest BCUT2D eigenvalue weighted by Crippen LogP contribution is -2.42. The van der Waals surface area contributed by atoms with E-state index < -0.39 is 10.1 Å². The van der Waals surface area contributed by atoms with Gasteiger partial charge in [0, 0.05) is 18.7 Å². The van der Waals surface area contributed by atoms with Gasteiger partial charge in [0.05, 0.1) is 37.3 Å². The molecule has 1 N–H and O–H groups in total. The maximum absolute atomic E-state index is 11.0. The van der Waals surface area contributed by atoms with Crippen LogP contribution in [0, 0.1) is 0 Å². The van der Waals surface area contributed by atoms with Crippen molar-refractivity contribution in [1.82, 2.24) is 5.32 Å². The Balaban J connectivity index is 3.51. The molecular formula is C17H34N2O4S. The third-order valence-electron chi connectivity index (χ3n) is 4.08. The van der Waals surface area contributed by atoms with Crippen molar-refractivity contribution in [1.29, 1.82) is 0 Å². The summed E-state index contributed by atoms with van der Waals surface area (Å²) in [5, 5.41) is 2.79. The van der Waals surface area contributed by atoms with E-state index >= 15 is 0 Å². The molecular weight excluding hydrogens is 328 g/mol. The number of carbonyl (C=O) groups excluding carboxylic acids is 1. The van der Waals surface area contributed by atoms with Gasteiger partial charge in [-0.3, -0.25) is 4.79 Å². The molecule has 0 aromatic rings. The quantitative estimate of drug-likeness (QED) is 0.209. The van der Waals surface area contributed by atoms with Gasteiger partial charge in [-0.1, -0.05) is 32.3 Å². The molecule has 24 heavy (non-hydrogen) atoms. The molecule has 0 aromatic carbocycles. The van der Waals surface area contributed by atoms with Crippen LogP contribution in [0.2, 0.25) is 0 Å². The van der Waals surface area contributed by atoms with Gasteiger partial charge in [-0.2, -0.15) is 0 Å². The monoisotopic (exact) mass is 362 g/mol. The van der Waals surface area contributed by atoms with Crippen LogP contribution >= 0.6 is 0 Å². The lowest BCUT2D eigenvalue weighted by atomic mass is 10.1. The average Bonchev–Trinajstić information content (AvgIpc) is 2.48. The van der Waals surface area contributed by atoms with E-state index in [1.807, 2.05) is 0 Å².